The fourth-order valence-electron chi connectivity index (χ4n) is 17.8. The van der Waals surface area contributed by atoms with E-state index in [4.69, 9.17) is 47.1 Å². The lowest BCUT2D eigenvalue weighted by atomic mass is 9.92. The van der Waals surface area contributed by atoms with Crippen LogP contribution in [0, 0.1) is 34.0 Å². The van der Waals surface area contributed by atoms with Gasteiger partial charge in [-0.25, -0.2) is 73.2 Å². The fourth-order valence-corrected chi connectivity index (χ4v) is 21.0. The Labute approximate surface area is 803 Å². The van der Waals surface area contributed by atoms with Gasteiger partial charge in [-0.3, -0.25) is 29.3 Å². The number of fused-ring (bicyclic) bond motifs is 8. The van der Waals surface area contributed by atoms with Crippen LogP contribution in [0.3, 0.4) is 0 Å². The first-order valence-electron chi connectivity index (χ1n) is 47.4. The Balaban J connectivity index is 0.000000163. The smallest absolute Gasteiger partial charge is 0.410 e. The van der Waals surface area contributed by atoms with Crippen LogP contribution in [0.4, 0.5) is 10.6 Å². The number of anilines is 1. The van der Waals surface area contributed by atoms with Crippen LogP contribution < -0.4 is 38.6 Å². The second-order valence-corrected chi connectivity index (χ2v) is 47.2. The number of nitrogens with one attached hydrogen (secondary N) is 4. The number of hydrogen-bond donors (Lipinski definition) is 4. The molecule has 37 heteroatoms. The highest BCUT2D eigenvalue weighted by atomic mass is 35.5. The van der Waals surface area contributed by atoms with E-state index in [1.54, 1.807) is 65.7 Å². The largest absolute Gasteiger partial charge is 0.477 e. The van der Waals surface area contributed by atoms with Crippen molar-refractivity contribution >= 4 is 82.9 Å². The summed E-state index contributed by atoms with van der Waals surface area (Å²) in [7, 11) is -12.5. The average molecular weight is 1950 g/mol. The number of halogens is 2. The van der Waals surface area contributed by atoms with Crippen LogP contribution in [0.1, 0.15) is 285 Å². The van der Waals surface area contributed by atoms with Crippen molar-refractivity contribution in [1.29, 1.82) is 0 Å². The fraction of sp³-hybridized carbons (Fsp3) is 0.561. The molecular weight excluding hydrogens is 1820 g/mol. The van der Waals surface area contributed by atoms with Crippen molar-refractivity contribution in [2.75, 3.05) is 44.4 Å². The van der Waals surface area contributed by atoms with E-state index in [1.165, 1.54) is 128 Å². The number of aryl methyl sites for hydroxylation is 3. The van der Waals surface area contributed by atoms with Gasteiger partial charge in [0, 0.05) is 102 Å². The number of carbonyl (C=O) groups excluding carboxylic acids is 4. The molecule has 4 N–H and O–H groups in total. The third-order valence-corrected chi connectivity index (χ3v) is 31.5. The van der Waals surface area contributed by atoms with Crippen LogP contribution in [-0.4, -0.2) is 175 Å². The van der Waals surface area contributed by atoms with Crippen molar-refractivity contribution < 1.29 is 63.4 Å². The highest BCUT2D eigenvalue weighted by Crippen LogP contribution is 2.50. The molecule has 5 aliphatic heterocycles. The summed E-state index contributed by atoms with van der Waals surface area (Å²) in [6.07, 6.45) is 37.2. The number of sulfonamides is 3. The molecule has 728 valence electrons. The lowest BCUT2D eigenvalue weighted by molar-refractivity contribution is 0.0130. The number of unbranched alkanes of at least 4 members (excludes halogenated alkanes) is 4. The molecule has 135 heavy (non-hydrogen) atoms. The lowest BCUT2D eigenvalue weighted by Crippen LogP contribution is -2.45. The van der Waals surface area contributed by atoms with E-state index >= 15 is 0 Å². The normalized spacial score (nSPS) is 19.8. The van der Waals surface area contributed by atoms with Crippen LogP contribution in [0.25, 0.3) is 17.5 Å². The molecule has 4 bridgehead atoms. The molecule has 3 saturated carbocycles. The van der Waals surface area contributed by atoms with Crippen molar-refractivity contribution in [2.24, 2.45) is 34.0 Å². The molecule has 3 saturated heterocycles. The van der Waals surface area contributed by atoms with Gasteiger partial charge in [0.2, 0.25) is 17.6 Å². The predicted molar refractivity (Wildman–Crippen MR) is 514 cm³/mol. The van der Waals surface area contributed by atoms with E-state index < -0.39 is 53.4 Å². The zero-order valence-corrected chi connectivity index (χ0v) is 83.6. The number of rotatable bonds is 33. The van der Waals surface area contributed by atoms with Gasteiger partial charge in [0.05, 0.1) is 36.5 Å². The first-order valence-corrected chi connectivity index (χ1v) is 52.6. The summed E-state index contributed by atoms with van der Waals surface area (Å²) in [4.78, 5) is 82.2. The number of nitrogens with zero attached hydrogens (tertiary/aromatic N) is 14. The maximum absolute atomic E-state index is 13.6. The Bertz CT molecular complexity index is 6030. The number of pyridine rings is 6. The lowest BCUT2D eigenvalue weighted by Gasteiger charge is -2.34. The minimum Gasteiger partial charge on any atom is -0.477 e. The molecule has 17 rings (SSSR count). The molecule has 3 aliphatic carbocycles. The monoisotopic (exact) mass is 1950 g/mol. The molecule has 0 aromatic carbocycles. The van der Waals surface area contributed by atoms with Crippen molar-refractivity contribution in [1.82, 2.24) is 83.6 Å². The van der Waals surface area contributed by atoms with Crippen molar-refractivity contribution in [3.63, 3.8) is 0 Å². The maximum atomic E-state index is 13.6. The summed E-state index contributed by atoms with van der Waals surface area (Å²) in [5.41, 5.74) is 2.87. The van der Waals surface area contributed by atoms with Crippen LogP contribution >= 0.6 is 23.2 Å². The molecule has 3 atom stereocenters. The maximum Gasteiger partial charge on any atom is 0.410 e. The number of carbonyl (C=O) groups is 4. The van der Waals surface area contributed by atoms with Crippen molar-refractivity contribution in [3.05, 3.63) is 172 Å². The van der Waals surface area contributed by atoms with Crippen LogP contribution in [0.2, 0.25) is 10.3 Å². The van der Waals surface area contributed by atoms with Gasteiger partial charge in [-0.15, -0.1) is 15.3 Å². The van der Waals surface area contributed by atoms with E-state index in [9.17, 15) is 44.4 Å². The Morgan fingerprint density at radius 2 is 1.02 bits per heavy atom. The Kier molecular flexibility index (Phi) is 31.3. The SMILES string of the molecule is CC1(CCOc2ccn(-c3ccc(C(=O)NS(=O)(=O)c4ccc(CCCCCC5CN(C(=O)OC(C)(C)C)C(C)(C)C5)nc4)c(Cl)n3)n2)CC1.CC1(CCOc2ccn(-c3ccc(C(=O)NS(=O)(=O)c4ccc(CCCCCC5CNC(C)(C)C5)nc4)c(Cl)n3)n2)CC1.CC1(CCOc2ccn(-c3ccc4c(n3)N3CC(CCCCCc5ccc(cn5)S(=O)(=O)NC4=O)CC3(C)C)n2)CC1. The van der Waals surface area contributed by atoms with E-state index in [-0.39, 0.29) is 64.4 Å². The number of amides is 4. The number of ether oxygens (including phenoxy) is 4. The first kappa shape index (κ1) is 101. The highest BCUT2D eigenvalue weighted by Gasteiger charge is 2.45. The first-order chi connectivity index (χ1) is 63.9. The van der Waals surface area contributed by atoms with Crippen molar-refractivity contribution in [3.8, 4) is 35.1 Å². The molecule has 0 spiro atoms. The van der Waals surface area contributed by atoms with Crippen LogP contribution in [-0.2, 0) is 54.1 Å². The standard InChI is InChI=1S/C36H49ClN6O6S.C31H41ClN6O4S.C31H40N6O4S/c1-34(2,3)49-33(45)42-24-25(22-35(42,4)5)10-8-7-9-11-26-12-13-27(23-38-26)50(46,47)41-32(44)28-14-15-29(39-31(28)37)43-20-16-30(40-43)48-21-19-36(6)17-18-36;1-30(2)19-22(20-34-30)7-5-4-6-8-23-9-10-24(21-33-23)43(40,41)37-29(39)25-11-12-26(35-28(25)32)38-17-13-27(36-38)42-18-16-31(3)14-15-31;1-30(2)19-22-7-5-4-6-8-23-9-10-24(20-32-23)42(39,40)35-29(38)25-11-12-26(33-28(25)36(30)21-22)37-17-13-27(34-37)41-18-16-31(3)14-15-31/h12-16,20,23,25H,7-11,17-19,21-22,24H2,1-6H3,(H,41,44);9-13,17,21-22,34H,4-8,14-16,18-20H2,1-3H3,(H,37,39);9-13,17,20,22H,4-8,14-16,18-19,21H2,1-3H3,(H,35,38). The van der Waals surface area contributed by atoms with Gasteiger partial charge < -0.3 is 34.1 Å². The Morgan fingerprint density at radius 1 is 0.533 bits per heavy atom. The molecule has 4 amide bonds. The van der Waals surface area contributed by atoms with Gasteiger partial charge >= 0.3 is 6.09 Å². The molecule has 9 aromatic heterocycles. The molecule has 32 nitrogen and oxygen atoms in total. The zero-order valence-electron chi connectivity index (χ0n) is 79.6. The summed E-state index contributed by atoms with van der Waals surface area (Å²) in [5, 5.41) is 16.6. The molecular formula is C98H130Cl2N18O14S3. The minimum absolute atomic E-state index is 0.0450. The summed E-state index contributed by atoms with van der Waals surface area (Å²) in [6.45, 7) is 29.7. The second-order valence-electron chi connectivity index (χ2n) is 41.4. The number of aromatic nitrogens is 12. The summed E-state index contributed by atoms with van der Waals surface area (Å²) in [5.74, 6) is 2.23. The third kappa shape index (κ3) is 27.8. The third-order valence-electron chi connectivity index (χ3n) is 26.9. The van der Waals surface area contributed by atoms with Crippen LogP contribution in [0.15, 0.2) is 143 Å². The summed E-state index contributed by atoms with van der Waals surface area (Å²) in [6, 6.07) is 24.0. The Hall–Kier alpha value is -10.2. The van der Waals surface area contributed by atoms with Gasteiger partial charge in [-0.05, 0) is 310 Å². The molecule has 3 unspecified atom stereocenters. The number of hydrogen-bond acceptors (Lipinski definition) is 25. The van der Waals surface area contributed by atoms with E-state index in [0.29, 0.717) is 102 Å². The summed E-state index contributed by atoms with van der Waals surface area (Å²) >= 11 is 12.6. The Morgan fingerprint density at radius 3 is 1.47 bits per heavy atom. The highest BCUT2D eigenvalue weighted by molar-refractivity contribution is 7.90. The predicted octanol–water partition coefficient (Wildman–Crippen LogP) is 17.7. The van der Waals surface area contributed by atoms with Gasteiger partial charge in [0.1, 0.15) is 36.4 Å². The van der Waals surface area contributed by atoms with E-state index in [2.05, 4.69) is 127 Å². The van der Waals surface area contributed by atoms with Gasteiger partial charge in [-0.1, -0.05) is 82.5 Å². The summed E-state index contributed by atoms with van der Waals surface area (Å²) < 4.78 is 112. The molecule has 9 aromatic rings. The van der Waals surface area contributed by atoms with Gasteiger partial charge in [0.15, 0.2) is 17.5 Å². The van der Waals surface area contributed by atoms with Crippen molar-refractivity contribution in [2.45, 2.75) is 293 Å². The molecule has 8 aliphatic rings. The minimum atomic E-state index is -4.20. The average Bonchev–Trinajstić information content (AvgIpc) is 1.69. The molecule has 14 heterocycles. The van der Waals surface area contributed by atoms with E-state index in [0.717, 1.165) is 145 Å². The van der Waals surface area contributed by atoms with Crippen LogP contribution in [0.5, 0.6) is 17.6 Å². The van der Waals surface area contributed by atoms with Gasteiger partial charge in [0.25, 0.3) is 47.8 Å². The van der Waals surface area contributed by atoms with E-state index in [1.807, 2.05) is 31.7 Å². The molecule has 6 fully saturated rings. The molecule has 0 radical (unpaired) electrons. The second kappa shape index (κ2) is 42.0. The van der Waals surface area contributed by atoms with Gasteiger partial charge in [-0.2, -0.15) is 0 Å². The number of likely N-dealkylation sites (tertiary alicyclic amines) is 1. The zero-order chi connectivity index (χ0) is 96.5. The topological polar surface area (TPSA) is 393 Å². The quantitative estimate of drug-likeness (QED) is 0.0219.